The lowest BCUT2D eigenvalue weighted by atomic mass is 9.95. The molecule has 5 heteroatoms. The summed E-state index contributed by atoms with van der Waals surface area (Å²) in [5.74, 6) is 1.83. The van der Waals surface area contributed by atoms with Crippen LogP contribution < -0.4 is 0 Å². The van der Waals surface area contributed by atoms with Crippen molar-refractivity contribution in [3.05, 3.63) is 188 Å². The fourth-order valence-corrected chi connectivity index (χ4v) is 7.85. The topological polar surface area (TPSA) is 64.5 Å². The number of aromatic nitrogens is 5. The van der Waals surface area contributed by atoms with Crippen LogP contribution in [0.15, 0.2) is 188 Å². The molecule has 0 bridgehead atoms. The van der Waals surface area contributed by atoms with E-state index in [1.54, 1.807) is 0 Å². The van der Waals surface area contributed by atoms with Gasteiger partial charge in [-0.15, -0.1) is 0 Å². The van der Waals surface area contributed by atoms with E-state index in [4.69, 9.17) is 24.9 Å². The van der Waals surface area contributed by atoms with Gasteiger partial charge in [0.1, 0.15) is 0 Å². The molecule has 0 aliphatic carbocycles. The predicted octanol–water partition coefficient (Wildman–Crippen LogP) is 12.8. The molecule has 0 saturated carbocycles. The minimum atomic E-state index is 0.590. The zero-order chi connectivity index (χ0) is 37.0. The molecule has 8 aromatic carbocycles. The van der Waals surface area contributed by atoms with Crippen LogP contribution in [0.5, 0.6) is 0 Å². The Labute approximate surface area is 322 Å². The van der Waals surface area contributed by atoms with Gasteiger partial charge in [-0.1, -0.05) is 152 Å². The average molecular weight is 714 g/mol. The number of pyridine rings is 2. The van der Waals surface area contributed by atoms with Gasteiger partial charge < -0.3 is 0 Å². The molecule has 0 saturated heterocycles. The quantitative estimate of drug-likeness (QED) is 0.166. The maximum atomic E-state index is 5.42. The monoisotopic (exact) mass is 713 g/mol. The molecule has 0 amide bonds. The fourth-order valence-electron chi connectivity index (χ4n) is 7.85. The smallest absolute Gasteiger partial charge is 0.164 e. The highest BCUT2D eigenvalue weighted by Gasteiger charge is 2.18. The van der Waals surface area contributed by atoms with Crippen molar-refractivity contribution >= 4 is 54.1 Å². The second kappa shape index (κ2) is 13.0. The Kier molecular flexibility index (Phi) is 7.42. The van der Waals surface area contributed by atoms with Crippen molar-refractivity contribution in [1.82, 2.24) is 24.9 Å². The summed E-state index contributed by atoms with van der Waals surface area (Å²) >= 11 is 0. The zero-order valence-electron chi connectivity index (χ0n) is 30.1. The van der Waals surface area contributed by atoms with E-state index < -0.39 is 0 Å². The number of nitrogens with zero attached hydrogens (tertiary/aromatic N) is 5. The second-order valence-electron chi connectivity index (χ2n) is 14.1. The van der Waals surface area contributed by atoms with Gasteiger partial charge in [0.25, 0.3) is 0 Å². The van der Waals surface area contributed by atoms with Crippen LogP contribution in [-0.4, -0.2) is 24.9 Å². The van der Waals surface area contributed by atoms with Crippen molar-refractivity contribution in [1.29, 1.82) is 0 Å². The van der Waals surface area contributed by atoms with Crippen molar-refractivity contribution in [2.75, 3.05) is 0 Å². The zero-order valence-corrected chi connectivity index (χ0v) is 30.1. The van der Waals surface area contributed by atoms with Gasteiger partial charge in [-0.3, -0.25) is 0 Å². The minimum Gasteiger partial charge on any atom is -0.248 e. The van der Waals surface area contributed by atoms with Crippen LogP contribution in [0.1, 0.15) is 0 Å². The van der Waals surface area contributed by atoms with Crippen LogP contribution in [0, 0.1) is 0 Å². The molecular weight excluding hydrogens is 683 g/mol. The van der Waals surface area contributed by atoms with E-state index in [0.29, 0.717) is 17.5 Å². The SMILES string of the molecule is c1ccc(-c2ccc3c(ccc4c5ccc(-c6nc(-c7ccc8ccccc8c7)nc(-c7ccc8ccccc8c7)n6)cc5nc(-c5ccccc5)c34)n2)cc1. The summed E-state index contributed by atoms with van der Waals surface area (Å²) in [6, 6.07) is 65.2. The highest BCUT2D eigenvalue weighted by atomic mass is 15.0. The molecular formula is C51H31N5. The third-order valence-electron chi connectivity index (χ3n) is 10.7. The van der Waals surface area contributed by atoms with E-state index in [-0.39, 0.29) is 0 Å². The van der Waals surface area contributed by atoms with Crippen molar-refractivity contribution in [3.63, 3.8) is 0 Å². The van der Waals surface area contributed by atoms with Crippen LogP contribution in [0.4, 0.5) is 0 Å². The van der Waals surface area contributed by atoms with Crippen LogP contribution in [0.3, 0.4) is 0 Å². The number of rotatable bonds is 5. The molecule has 260 valence electrons. The first kappa shape index (κ1) is 31.9. The molecule has 0 fully saturated rings. The summed E-state index contributed by atoms with van der Waals surface area (Å²) < 4.78 is 0. The molecule has 11 aromatic rings. The van der Waals surface area contributed by atoms with E-state index >= 15 is 0 Å². The summed E-state index contributed by atoms with van der Waals surface area (Å²) in [4.78, 5) is 25.9. The number of hydrogen-bond donors (Lipinski definition) is 0. The first-order valence-corrected chi connectivity index (χ1v) is 18.7. The van der Waals surface area contributed by atoms with E-state index in [0.717, 1.165) is 82.6 Å². The Morgan fingerprint density at radius 3 is 1.39 bits per heavy atom. The van der Waals surface area contributed by atoms with Gasteiger partial charge in [-0.2, -0.15) is 0 Å². The normalized spacial score (nSPS) is 11.6. The Hall–Kier alpha value is -7.63. The lowest BCUT2D eigenvalue weighted by molar-refractivity contribution is 1.08. The summed E-state index contributed by atoms with van der Waals surface area (Å²) in [5.41, 5.74) is 8.51. The molecule has 56 heavy (non-hydrogen) atoms. The largest absolute Gasteiger partial charge is 0.248 e. The molecule has 3 aromatic heterocycles. The summed E-state index contributed by atoms with van der Waals surface area (Å²) in [5, 5.41) is 8.92. The number of fused-ring (bicyclic) bond motifs is 7. The summed E-state index contributed by atoms with van der Waals surface area (Å²) in [7, 11) is 0. The van der Waals surface area contributed by atoms with E-state index in [2.05, 4.69) is 164 Å². The Morgan fingerprint density at radius 1 is 0.268 bits per heavy atom. The first-order chi connectivity index (χ1) is 27.7. The Balaban J connectivity index is 1.12. The third-order valence-corrected chi connectivity index (χ3v) is 10.7. The van der Waals surface area contributed by atoms with Gasteiger partial charge in [0.05, 0.1) is 22.4 Å². The lowest BCUT2D eigenvalue weighted by Crippen LogP contribution is -2.00. The molecule has 0 atom stereocenters. The standard InChI is InChI=1S/C51H31N5/c1-3-13-34(14-4-1)44-27-26-43-45(52-44)28-25-42-41-24-23-40(31-46(41)53-48(47(42)43)35-15-5-2-6-16-35)51-55-49(38-21-19-32-11-7-9-17-36(32)29-38)54-50(56-51)39-22-20-33-12-8-10-18-37(33)30-39/h1-31H. The molecule has 0 unspecified atom stereocenters. The summed E-state index contributed by atoms with van der Waals surface area (Å²) in [6.07, 6.45) is 0. The van der Waals surface area contributed by atoms with Crippen molar-refractivity contribution in [2.45, 2.75) is 0 Å². The van der Waals surface area contributed by atoms with Crippen molar-refractivity contribution in [3.8, 4) is 56.7 Å². The molecule has 0 N–H and O–H groups in total. The van der Waals surface area contributed by atoms with E-state index in [9.17, 15) is 0 Å². The van der Waals surface area contributed by atoms with Crippen molar-refractivity contribution in [2.24, 2.45) is 0 Å². The van der Waals surface area contributed by atoms with Crippen LogP contribution in [0.25, 0.3) is 111 Å². The maximum Gasteiger partial charge on any atom is 0.164 e. The first-order valence-electron chi connectivity index (χ1n) is 18.7. The molecule has 0 spiro atoms. The molecule has 11 rings (SSSR count). The van der Waals surface area contributed by atoms with Gasteiger partial charge in [0.2, 0.25) is 0 Å². The lowest BCUT2D eigenvalue weighted by Gasteiger charge is -2.14. The van der Waals surface area contributed by atoms with Gasteiger partial charge in [-0.25, -0.2) is 24.9 Å². The molecule has 5 nitrogen and oxygen atoms in total. The highest BCUT2D eigenvalue weighted by molar-refractivity contribution is 6.21. The molecule has 0 aliphatic heterocycles. The van der Waals surface area contributed by atoms with Gasteiger partial charge in [-0.05, 0) is 63.3 Å². The fraction of sp³-hybridized carbons (Fsp3) is 0. The van der Waals surface area contributed by atoms with Crippen LogP contribution in [0.2, 0.25) is 0 Å². The summed E-state index contributed by atoms with van der Waals surface area (Å²) in [6.45, 7) is 0. The highest BCUT2D eigenvalue weighted by Crippen LogP contribution is 2.39. The minimum absolute atomic E-state index is 0.590. The van der Waals surface area contributed by atoms with Crippen LogP contribution in [-0.2, 0) is 0 Å². The second-order valence-corrected chi connectivity index (χ2v) is 14.1. The third kappa shape index (κ3) is 5.53. The van der Waals surface area contributed by atoms with Gasteiger partial charge in [0.15, 0.2) is 17.5 Å². The molecule has 0 aliphatic rings. The Bertz CT molecular complexity index is 3210. The number of hydrogen-bond acceptors (Lipinski definition) is 5. The van der Waals surface area contributed by atoms with Gasteiger partial charge >= 0.3 is 0 Å². The average Bonchev–Trinajstić information content (AvgIpc) is 3.28. The predicted molar refractivity (Wildman–Crippen MR) is 230 cm³/mol. The van der Waals surface area contributed by atoms with E-state index in [1.807, 2.05) is 24.3 Å². The Morgan fingerprint density at radius 2 is 0.768 bits per heavy atom. The van der Waals surface area contributed by atoms with Crippen molar-refractivity contribution < 1.29 is 0 Å². The van der Waals surface area contributed by atoms with Crippen LogP contribution >= 0.6 is 0 Å². The van der Waals surface area contributed by atoms with E-state index in [1.165, 1.54) is 10.8 Å². The number of benzene rings is 8. The maximum absolute atomic E-state index is 5.42. The van der Waals surface area contributed by atoms with Gasteiger partial charge in [0, 0.05) is 44.0 Å². The molecule has 0 radical (unpaired) electrons. The molecule has 3 heterocycles.